The van der Waals surface area contributed by atoms with Crippen LogP contribution in [0.15, 0.2) is 40.9 Å². The fourth-order valence-corrected chi connectivity index (χ4v) is 3.57. The fraction of sp³-hybridized carbons (Fsp3) is 0.318. The van der Waals surface area contributed by atoms with E-state index in [2.05, 4.69) is 10.1 Å². The summed E-state index contributed by atoms with van der Waals surface area (Å²) in [6.07, 6.45) is 0.305. The highest BCUT2D eigenvalue weighted by atomic mass is 16.5. The summed E-state index contributed by atoms with van der Waals surface area (Å²) in [6.45, 7) is 2.44. The van der Waals surface area contributed by atoms with Gasteiger partial charge in [-0.25, -0.2) is 0 Å². The molecule has 0 spiro atoms. The Morgan fingerprint density at radius 1 is 1.00 bits per heavy atom. The van der Waals surface area contributed by atoms with E-state index in [0.717, 1.165) is 11.3 Å². The van der Waals surface area contributed by atoms with Crippen LogP contribution in [-0.2, 0) is 4.79 Å². The Labute approximate surface area is 174 Å². The van der Waals surface area contributed by atoms with E-state index in [1.807, 2.05) is 37.3 Å². The molecule has 1 amide bonds. The number of rotatable bonds is 6. The largest absolute Gasteiger partial charge is 0.497 e. The number of benzene rings is 2. The van der Waals surface area contributed by atoms with Crippen molar-refractivity contribution in [2.45, 2.75) is 19.3 Å². The minimum Gasteiger partial charge on any atom is -0.497 e. The summed E-state index contributed by atoms with van der Waals surface area (Å²) >= 11 is 0. The molecule has 0 aliphatic carbocycles. The van der Waals surface area contributed by atoms with E-state index in [0.29, 0.717) is 47.5 Å². The molecule has 1 aliphatic rings. The molecule has 30 heavy (non-hydrogen) atoms. The van der Waals surface area contributed by atoms with Gasteiger partial charge in [-0.1, -0.05) is 11.2 Å². The molecule has 1 atom stereocenters. The molecular weight excluding hydrogens is 386 g/mol. The molecule has 1 aliphatic heterocycles. The van der Waals surface area contributed by atoms with Gasteiger partial charge in [-0.15, -0.1) is 0 Å². The Balaban J connectivity index is 1.59. The smallest absolute Gasteiger partial charge is 0.232 e. The van der Waals surface area contributed by atoms with Crippen molar-refractivity contribution in [1.29, 1.82) is 0 Å². The predicted octanol–water partition coefficient (Wildman–Crippen LogP) is 3.59. The second-order valence-corrected chi connectivity index (χ2v) is 7.12. The van der Waals surface area contributed by atoms with Gasteiger partial charge in [-0.2, -0.15) is 4.98 Å². The van der Waals surface area contributed by atoms with Crippen molar-refractivity contribution in [3.8, 4) is 28.6 Å². The molecule has 0 radical (unpaired) electrons. The zero-order chi connectivity index (χ0) is 21.3. The average molecular weight is 409 g/mol. The zero-order valence-corrected chi connectivity index (χ0v) is 17.3. The Bertz CT molecular complexity index is 1060. The molecular formula is C22H23N3O5. The van der Waals surface area contributed by atoms with E-state index in [4.69, 9.17) is 18.7 Å². The molecule has 1 saturated heterocycles. The van der Waals surface area contributed by atoms with Gasteiger partial charge in [-0.05, 0) is 30.7 Å². The van der Waals surface area contributed by atoms with Crippen LogP contribution in [0.1, 0.15) is 23.8 Å². The molecule has 1 unspecified atom stereocenters. The topological polar surface area (TPSA) is 86.9 Å². The summed E-state index contributed by atoms with van der Waals surface area (Å²) in [5, 5.41) is 4.10. The number of hydrogen-bond acceptors (Lipinski definition) is 7. The second-order valence-electron chi connectivity index (χ2n) is 7.12. The maximum Gasteiger partial charge on any atom is 0.232 e. The van der Waals surface area contributed by atoms with Gasteiger partial charge < -0.3 is 23.6 Å². The number of carbonyl (C=O) groups is 1. The van der Waals surface area contributed by atoms with Crippen LogP contribution >= 0.6 is 0 Å². The summed E-state index contributed by atoms with van der Waals surface area (Å²) in [5.74, 6) is 2.65. The van der Waals surface area contributed by atoms with Gasteiger partial charge in [0.25, 0.3) is 0 Å². The third-order valence-electron chi connectivity index (χ3n) is 5.23. The summed E-state index contributed by atoms with van der Waals surface area (Å²) in [6, 6.07) is 11.1. The van der Waals surface area contributed by atoms with Crippen molar-refractivity contribution in [3.63, 3.8) is 0 Å². The van der Waals surface area contributed by atoms with E-state index in [9.17, 15) is 4.79 Å². The number of methoxy groups -OCH3 is 3. The minimum absolute atomic E-state index is 0.0131. The van der Waals surface area contributed by atoms with Crippen LogP contribution in [0, 0.1) is 6.92 Å². The standard InChI is InChI=1S/C22H23N3O5/c1-13-5-6-16(27-2)11-19(13)25-12-15(9-20(25)26)22-23-21(24-30-22)14-7-17(28-3)10-18(8-14)29-4/h5-8,10-11,15H,9,12H2,1-4H3. The molecule has 0 bridgehead atoms. The van der Waals surface area contributed by atoms with E-state index in [-0.39, 0.29) is 11.8 Å². The van der Waals surface area contributed by atoms with E-state index < -0.39 is 0 Å². The van der Waals surface area contributed by atoms with Crippen LogP contribution < -0.4 is 19.1 Å². The maximum absolute atomic E-state index is 12.7. The van der Waals surface area contributed by atoms with Crippen molar-refractivity contribution in [1.82, 2.24) is 10.1 Å². The lowest BCUT2D eigenvalue weighted by atomic mass is 10.1. The first-order chi connectivity index (χ1) is 14.5. The van der Waals surface area contributed by atoms with Crippen LogP contribution in [0.2, 0.25) is 0 Å². The Morgan fingerprint density at radius 3 is 2.37 bits per heavy atom. The summed E-state index contributed by atoms with van der Waals surface area (Å²) < 4.78 is 21.4. The van der Waals surface area contributed by atoms with Crippen molar-refractivity contribution in [2.75, 3.05) is 32.8 Å². The van der Waals surface area contributed by atoms with Gasteiger partial charge in [0.2, 0.25) is 17.6 Å². The zero-order valence-electron chi connectivity index (χ0n) is 17.3. The minimum atomic E-state index is -0.183. The van der Waals surface area contributed by atoms with Gasteiger partial charge in [0.15, 0.2) is 0 Å². The number of amides is 1. The molecule has 1 fully saturated rings. The Morgan fingerprint density at radius 2 is 1.70 bits per heavy atom. The van der Waals surface area contributed by atoms with E-state index in [1.165, 1.54) is 0 Å². The lowest BCUT2D eigenvalue weighted by molar-refractivity contribution is -0.117. The maximum atomic E-state index is 12.7. The van der Waals surface area contributed by atoms with Crippen molar-refractivity contribution < 1.29 is 23.5 Å². The molecule has 0 N–H and O–H groups in total. The third-order valence-corrected chi connectivity index (χ3v) is 5.23. The number of hydrogen-bond donors (Lipinski definition) is 0. The van der Waals surface area contributed by atoms with Gasteiger partial charge in [0, 0.05) is 30.7 Å². The fourth-order valence-electron chi connectivity index (χ4n) is 3.57. The average Bonchev–Trinajstić information content (AvgIpc) is 3.41. The van der Waals surface area contributed by atoms with Gasteiger partial charge >= 0.3 is 0 Å². The highest BCUT2D eigenvalue weighted by Crippen LogP contribution is 2.35. The molecule has 2 aromatic carbocycles. The van der Waals surface area contributed by atoms with Crippen molar-refractivity contribution in [3.05, 3.63) is 47.9 Å². The Hall–Kier alpha value is -3.55. The van der Waals surface area contributed by atoms with E-state index >= 15 is 0 Å². The highest BCUT2D eigenvalue weighted by molar-refractivity contribution is 5.97. The van der Waals surface area contributed by atoms with Crippen molar-refractivity contribution >= 4 is 11.6 Å². The second kappa shape index (κ2) is 8.06. The molecule has 156 valence electrons. The summed E-state index contributed by atoms with van der Waals surface area (Å²) in [7, 11) is 4.77. The van der Waals surface area contributed by atoms with Crippen LogP contribution in [-0.4, -0.2) is 43.9 Å². The SMILES string of the molecule is COc1cc(OC)cc(-c2noc(C3CC(=O)N(c4cc(OC)ccc4C)C3)n2)c1. The number of aryl methyl sites for hydroxylation is 1. The predicted molar refractivity (Wildman–Crippen MR) is 110 cm³/mol. The van der Waals surface area contributed by atoms with E-state index in [1.54, 1.807) is 32.3 Å². The number of carbonyl (C=O) groups excluding carboxylic acids is 1. The number of nitrogens with zero attached hydrogens (tertiary/aromatic N) is 3. The molecule has 4 rings (SSSR count). The van der Waals surface area contributed by atoms with Gasteiger partial charge in [0.1, 0.15) is 17.2 Å². The summed E-state index contributed by atoms with van der Waals surface area (Å²) in [4.78, 5) is 19.0. The van der Waals surface area contributed by atoms with Crippen molar-refractivity contribution in [2.24, 2.45) is 0 Å². The first kappa shape index (κ1) is 19.8. The molecule has 3 aromatic rings. The van der Waals surface area contributed by atoms with Crippen LogP contribution in [0.3, 0.4) is 0 Å². The Kier molecular flexibility index (Phi) is 5.31. The van der Waals surface area contributed by atoms with Crippen LogP contribution in [0.4, 0.5) is 5.69 Å². The monoisotopic (exact) mass is 409 g/mol. The van der Waals surface area contributed by atoms with Gasteiger partial charge in [-0.3, -0.25) is 4.79 Å². The first-order valence-corrected chi connectivity index (χ1v) is 9.54. The number of anilines is 1. The third kappa shape index (κ3) is 3.68. The number of ether oxygens (including phenoxy) is 3. The van der Waals surface area contributed by atoms with Gasteiger partial charge in [0.05, 0.1) is 32.9 Å². The molecule has 8 nitrogen and oxygen atoms in total. The first-order valence-electron chi connectivity index (χ1n) is 9.54. The lowest BCUT2D eigenvalue weighted by Crippen LogP contribution is -2.25. The molecule has 2 heterocycles. The number of aromatic nitrogens is 2. The lowest BCUT2D eigenvalue weighted by Gasteiger charge is -2.19. The van der Waals surface area contributed by atoms with Crippen LogP contribution in [0.25, 0.3) is 11.4 Å². The molecule has 8 heteroatoms. The molecule has 0 saturated carbocycles. The summed E-state index contributed by atoms with van der Waals surface area (Å²) in [5.41, 5.74) is 2.55. The van der Waals surface area contributed by atoms with Crippen LogP contribution in [0.5, 0.6) is 17.2 Å². The molecule has 1 aromatic heterocycles. The normalized spacial score (nSPS) is 16.1. The quantitative estimate of drug-likeness (QED) is 0.615. The highest BCUT2D eigenvalue weighted by Gasteiger charge is 2.36.